The third-order valence-corrected chi connectivity index (χ3v) is 4.91. The first-order valence-corrected chi connectivity index (χ1v) is 9.53. The average molecular weight is 411 g/mol. The van der Waals surface area contributed by atoms with Crippen LogP contribution >= 0.6 is 0 Å². The Kier molecular flexibility index (Phi) is 6.61. The Labute approximate surface area is 175 Å². The minimum absolute atomic E-state index is 0.0309. The van der Waals surface area contributed by atoms with E-state index in [1.54, 1.807) is 23.1 Å². The van der Waals surface area contributed by atoms with E-state index in [9.17, 15) is 9.59 Å². The minimum Gasteiger partial charge on any atom is -0.493 e. The lowest BCUT2D eigenvalue weighted by molar-refractivity contribution is -0.143. The maximum absolute atomic E-state index is 12.6. The Morgan fingerprint density at radius 1 is 1.07 bits per heavy atom. The van der Waals surface area contributed by atoms with Gasteiger partial charge in [0.25, 0.3) is 5.91 Å². The van der Waals surface area contributed by atoms with Crippen molar-refractivity contribution in [3.05, 3.63) is 53.6 Å². The van der Waals surface area contributed by atoms with E-state index in [0.717, 1.165) is 17.7 Å². The van der Waals surface area contributed by atoms with Crippen molar-refractivity contribution in [3.63, 3.8) is 0 Å². The lowest BCUT2D eigenvalue weighted by Crippen LogP contribution is -2.38. The highest BCUT2D eigenvalue weighted by Crippen LogP contribution is 2.38. The molecule has 1 atom stereocenters. The molecule has 1 aliphatic heterocycles. The van der Waals surface area contributed by atoms with Gasteiger partial charge in [-0.3, -0.25) is 4.79 Å². The Morgan fingerprint density at radius 3 is 2.37 bits per heavy atom. The van der Waals surface area contributed by atoms with Gasteiger partial charge in [-0.2, -0.15) is 0 Å². The zero-order chi connectivity index (χ0) is 21.7. The molecule has 0 aromatic heterocycles. The molecule has 0 spiro atoms. The van der Waals surface area contributed by atoms with Crippen LogP contribution in [0.1, 0.15) is 18.1 Å². The van der Waals surface area contributed by atoms with Gasteiger partial charge in [-0.05, 0) is 48.7 Å². The molecule has 0 saturated heterocycles. The van der Waals surface area contributed by atoms with E-state index in [-0.39, 0.29) is 18.6 Å². The summed E-state index contributed by atoms with van der Waals surface area (Å²) in [4.78, 5) is 26.4. The number of hydrogen-bond donors (Lipinski definition) is 0. The molecule has 0 saturated carbocycles. The van der Waals surface area contributed by atoms with Crippen molar-refractivity contribution < 1.29 is 28.5 Å². The number of ether oxygens (including phenoxy) is 4. The van der Waals surface area contributed by atoms with Crippen LogP contribution in [0.15, 0.2) is 42.5 Å². The third-order valence-electron chi connectivity index (χ3n) is 4.91. The number of benzene rings is 2. The Balaban J connectivity index is 1.64. The zero-order valence-corrected chi connectivity index (χ0v) is 17.5. The molecule has 2 aromatic rings. The van der Waals surface area contributed by atoms with Gasteiger partial charge < -0.3 is 23.8 Å². The molecule has 0 fully saturated rings. The molecule has 1 aliphatic rings. The molecule has 7 nitrogen and oxygen atoms in total. The summed E-state index contributed by atoms with van der Waals surface area (Å²) in [7, 11) is 4.55. The predicted molar refractivity (Wildman–Crippen MR) is 113 cm³/mol. The second-order valence-corrected chi connectivity index (χ2v) is 6.85. The number of carbonyl (C=O) groups is 2. The Bertz CT molecular complexity index is 943. The lowest BCUT2D eigenvalue weighted by atomic mass is 10.1. The van der Waals surface area contributed by atoms with E-state index in [1.807, 2.05) is 31.2 Å². The molecule has 0 unspecified atom stereocenters. The molecule has 0 radical (unpaired) electrons. The molecule has 158 valence electrons. The van der Waals surface area contributed by atoms with Crippen LogP contribution in [0.25, 0.3) is 6.08 Å². The van der Waals surface area contributed by atoms with Crippen molar-refractivity contribution in [1.82, 2.24) is 0 Å². The maximum Gasteiger partial charge on any atom is 0.331 e. The van der Waals surface area contributed by atoms with Crippen molar-refractivity contribution in [2.24, 2.45) is 0 Å². The second-order valence-electron chi connectivity index (χ2n) is 6.85. The fourth-order valence-corrected chi connectivity index (χ4v) is 3.56. The zero-order valence-electron chi connectivity index (χ0n) is 17.5. The highest BCUT2D eigenvalue weighted by atomic mass is 16.5. The Hall–Kier alpha value is -3.48. The van der Waals surface area contributed by atoms with Gasteiger partial charge in [-0.1, -0.05) is 18.2 Å². The average Bonchev–Trinajstić information content (AvgIpc) is 3.10. The number of fused-ring (bicyclic) bond motifs is 1. The van der Waals surface area contributed by atoms with E-state index in [0.29, 0.717) is 22.8 Å². The minimum atomic E-state index is -0.614. The number of carbonyl (C=O) groups excluding carboxylic acids is 2. The maximum atomic E-state index is 12.6. The van der Waals surface area contributed by atoms with Crippen LogP contribution in [0.2, 0.25) is 0 Å². The summed E-state index contributed by atoms with van der Waals surface area (Å²) in [6.45, 7) is 1.65. The fourth-order valence-electron chi connectivity index (χ4n) is 3.56. The number of nitrogens with zero attached hydrogens (tertiary/aromatic N) is 1. The molecule has 7 heteroatoms. The summed E-state index contributed by atoms with van der Waals surface area (Å²) in [5.41, 5.74) is 2.65. The van der Waals surface area contributed by atoms with Crippen molar-refractivity contribution in [2.45, 2.75) is 19.4 Å². The standard InChI is InChI=1S/C23H25NO6/c1-15-11-17-7-5-6-8-18(17)24(15)21(25)14-30-22(26)10-9-16-12-19(27-2)23(29-4)20(13-16)28-3/h5-10,12-13,15H,11,14H2,1-4H3/b10-9+/t15-/m1/s1. The summed E-state index contributed by atoms with van der Waals surface area (Å²) in [6, 6.07) is 11.2. The quantitative estimate of drug-likeness (QED) is 0.514. The first-order chi connectivity index (χ1) is 14.5. The molecular formula is C23H25NO6. The number of amides is 1. The van der Waals surface area contributed by atoms with Crippen molar-refractivity contribution in [3.8, 4) is 17.2 Å². The van der Waals surface area contributed by atoms with Crippen LogP contribution in [-0.2, 0) is 20.7 Å². The first-order valence-electron chi connectivity index (χ1n) is 9.53. The molecule has 0 bridgehead atoms. The van der Waals surface area contributed by atoms with Crippen LogP contribution in [0.3, 0.4) is 0 Å². The van der Waals surface area contributed by atoms with Gasteiger partial charge in [0, 0.05) is 17.8 Å². The van der Waals surface area contributed by atoms with Crippen LogP contribution in [0.4, 0.5) is 5.69 Å². The van der Waals surface area contributed by atoms with Crippen LogP contribution in [0, 0.1) is 0 Å². The Morgan fingerprint density at radius 2 is 1.73 bits per heavy atom. The highest BCUT2D eigenvalue weighted by molar-refractivity contribution is 5.98. The molecule has 0 N–H and O–H groups in total. The smallest absolute Gasteiger partial charge is 0.331 e. The number of para-hydroxylation sites is 1. The third kappa shape index (κ3) is 4.40. The second kappa shape index (κ2) is 9.35. The van der Waals surface area contributed by atoms with Crippen LogP contribution < -0.4 is 19.1 Å². The predicted octanol–water partition coefficient (Wildman–Crippen LogP) is 3.25. The topological polar surface area (TPSA) is 74.3 Å². The number of anilines is 1. The van der Waals surface area contributed by atoms with Gasteiger partial charge in [-0.15, -0.1) is 0 Å². The molecular weight excluding hydrogens is 386 g/mol. The van der Waals surface area contributed by atoms with Gasteiger partial charge in [0.05, 0.1) is 21.3 Å². The van der Waals surface area contributed by atoms with Gasteiger partial charge >= 0.3 is 5.97 Å². The molecule has 3 rings (SSSR count). The lowest BCUT2D eigenvalue weighted by Gasteiger charge is -2.22. The molecule has 1 amide bonds. The van der Waals surface area contributed by atoms with Crippen LogP contribution in [0.5, 0.6) is 17.2 Å². The fraction of sp³-hybridized carbons (Fsp3) is 0.304. The summed E-state index contributed by atoms with van der Waals surface area (Å²) < 4.78 is 21.0. The van der Waals surface area contributed by atoms with Gasteiger partial charge in [0.2, 0.25) is 5.75 Å². The summed E-state index contributed by atoms with van der Waals surface area (Å²) in [5, 5.41) is 0. The van der Waals surface area contributed by atoms with Crippen molar-refractivity contribution in [2.75, 3.05) is 32.8 Å². The van der Waals surface area contributed by atoms with E-state index in [4.69, 9.17) is 18.9 Å². The molecule has 1 heterocycles. The van der Waals surface area contributed by atoms with E-state index < -0.39 is 5.97 Å². The summed E-state index contributed by atoms with van der Waals surface area (Å²) in [5.74, 6) is 0.549. The molecule has 30 heavy (non-hydrogen) atoms. The summed E-state index contributed by atoms with van der Waals surface area (Å²) in [6.07, 6.45) is 3.61. The molecule has 0 aliphatic carbocycles. The van der Waals surface area contributed by atoms with E-state index >= 15 is 0 Å². The largest absolute Gasteiger partial charge is 0.493 e. The highest BCUT2D eigenvalue weighted by Gasteiger charge is 2.30. The summed E-state index contributed by atoms with van der Waals surface area (Å²) >= 11 is 0. The van der Waals surface area contributed by atoms with Gasteiger partial charge in [0.15, 0.2) is 18.1 Å². The number of rotatable bonds is 7. The SMILES string of the molecule is COc1cc(/C=C/C(=O)OCC(=O)N2c3ccccc3C[C@H]2C)cc(OC)c1OC. The number of hydrogen-bond acceptors (Lipinski definition) is 6. The van der Waals surface area contributed by atoms with Gasteiger partial charge in [0.1, 0.15) is 0 Å². The first kappa shape index (κ1) is 21.2. The van der Waals surface area contributed by atoms with Crippen LogP contribution in [-0.4, -0.2) is 45.9 Å². The molecule has 2 aromatic carbocycles. The van der Waals surface area contributed by atoms with E-state index in [1.165, 1.54) is 27.4 Å². The number of methoxy groups -OCH3 is 3. The van der Waals surface area contributed by atoms with Crippen molar-refractivity contribution in [1.29, 1.82) is 0 Å². The van der Waals surface area contributed by atoms with E-state index in [2.05, 4.69) is 0 Å². The van der Waals surface area contributed by atoms with Gasteiger partial charge in [-0.25, -0.2) is 4.79 Å². The van der Waals surface area contributed by atoms with Crippen molar-refractivity contribution >= 4 is 23.6 Å². The normalized spacial score (nSPS) is 15.1. The monoisotopic (exact) mass is 411 g/mol. The number of esters is 1.